The van der Waals surface area contributed by atoms with E-state index >= 15 is 0 Å². The van der Waals surface area contributed by atoms with Crippen LogP contribution in [0.3, 0.4) is 0 Å². The molecule has 3 aromatic rings. The summed E-state index contributed by atoms with van der Waals surface area (Å²) in [7, 11) is -0.288. The maximum absolute atomic E-state index is 14.7. The number of methoxy groups -OCH3 is 1. The Morgan fingerprint density at radius 1 is 1.11 bits per heavy atom. The first-order chi connectivity index (χ1) is 16.6. The minimum absolute atomic E-state index is 0.189. The second-order valence-electron chi connectivity index (χ2n) is 9.17. The fourth-order valence-corrected chi connectivity index (χ4v) is 4.88. The van der Waals surface area contributed by atoms with Crippen molar-refractivity contribution in [2.24, 2.45) is 0 Å². The highest BCUT2D eigenvalue weighted by Gasteiger charge is 2.25. The molecule has 1 heterocycles. The number of rotatable bonds is 9. The quantitative estimate of drug-likeness (QED) is 0.444. The van der Waals surface area contributed by atoms with E-state index in [1.54, 1.807) is 43.5 Å². The van der Waals surface area contributed by atoms with Gasteiger partial charge in [0.05, 0.1) is 20.9 Å². The number of ether oxygens (including phenoxy) is 1. The average molecular weight is 497 g/mol. The second kappa shape index (κ2) is 11.2. The Morgan fingerprint density at radius 3 is 2.40 bits per heavy atom. The van der Waals surface area contributed by atoms with E-state index in [1.165, 1.54) is 23.0 Å². The van der Waals surface area contributed by atoms with Gasteiger partial charge in [-0.25, -0.2) is 4.39 Å². The van der Waals surface area contributed by atoms with E-state index in [9.17, 15) is 18.8 Å². The Labute approximate surface area is 204 Å². The molecule has 1 atom stereocenters. The van der Waals surface area contributed by atoms with Gasteiger partial charge >= 0.3 is 0 Å². The van der Waals surface area contributed by atoms with Crippen molar-refractivity contribution in [2.75, 3.05) is 12.4 Å². The standard InChI is InChI=1S/C25H29FN4O4Si/c1-34-16-17-5-7-18(8-6-17)24(29-23(32)15-30-12-11-20(31)14-27-30)25(33)28-19-9-10-22(21(26)13-19)35(2,3)4/h5-14,24H,15-16H2,1-4H3,(H,28,33)(H,29,32). The third kappa shape index (κ3) is 7.17. The minimum Gasteiger partial charge on any atom is -0.380 e. The zero-order chi connectivity index (χ0) is 25.6. The average Bonchev–Trinajstić information content (AvgIpc) is 2.79. The zero-order valence-electron chi connectivity index (χ0n) is 20.2. The van der Waals surface area contributed by atoms with Crippen LogP contribution >= 0.6 is 0 Å². The van der Waals surface area contributed by atoms with Crippen molar-refractivity contribution < 1.29 is 18.7 Å². The van der Waals surface area contributed by atoms with Crippen molar-refractivity contribution in [1.29, 1.82) is 0 Å². The SMILES string of the molecule is COCc1ccc(C(NC(=O)Cn2ccc(=O)cn2)C(=O)Nc2ccc([Si](C)(C)C)c(F)c2)cc1. The van der Waals surface area contributed by atoms with Gasteiger partial charge in [0.2, 0.25) is 5.91 Å². The molecule has 184 valence electrons. The van der Waals surface area contributed by atoms with Gasteiger partial charge in [-0.2, -0.15) is 5.10 Å². The number of carbonyl (C=O) groups excluding carboxylic acids is 2. The summed E-state index contributed by atoms with van der Waals surface area (Å²) in [6, 6.07) is 12.0. The Hall–Kier alpha value is -3.63. The molecule has 2 N–H and O–H groups in total. The van der Waals surface area contributed by atoms with E-state index < -0.39 is 25.9 Å². The van der Waals surface area contributed by atoms with Crippen LogP contribution in [0.4, 0.5) is 10.1 Å². The lowest BCUT2D eigenvalue weighted by atomic mass is 10.0. The monoisotopic (exact) mass is 496 g/mol. The summed E-state index contributed by atoms with van der Waals surface area (Å²) in [5.74, 6) is -1.37. The molecule has 10 heteroatoms. The summed E-state index contributed by atoms with van der Waals surface area (Å²) in [5, 5.41) is 9.96. The van der Waals surface area contributed by atoms with Gasteiger partial charge in [0.1, 0.15) is 18.4 Å². The molecule has 8 nitrogen and oxygen atoms in total. The molecular weight excluding hydrogens is 467 g/mol. The molecule has 2 amide bonds. The first kappa shape index (κ1) is 26.0. The van der Waals surface area contributed by atoms with E-state index in [2.05, 4.69) is 15.7 Å². The number of carbonyl (C=O) groups is 2. The fourth-order valence-electron chi connectivity index (χ4n) is 3.51. The first-order valence-corrected chi connectivity index (χ1v) is 14.6. The van der Waals surface area contributed by atoms with Gasteiger partial charge in [0.15, 0.2) is 5.43 Å². The van der Waals surface area contributed by atoms with Crippen molar-refractivity contribution in [3.63, 3.8) is 0 Å². The topological polar surface area (TPSA) is 102 Å². The number of amides is 2. The van der Waals surface area contributed by atoms with Gasteiger partial charge < -0.3 is 15.4 Å². The molecule has 0 radical (unpaired) electrons. The van der Waals surface area contributed by atoms with E-state index in [1.807, 2.05) is 19.6 Å². The maximum atomic E-state index is 14.7. The van der Waals surface area contributed by atoms with Gasteiger partial charge in [-0.15, -0.1) is 0 Å². The number of halogens is 1. The predicted molar refractivity (Wildman–Crippen MR) is 135 cm³/mol. The molecular formula is C25H29FN4O4Si. The lowest BCUT2D eigenvalue weighted by molar-refractivity contribution is -0.127. The van der Waals surface area contributed by atoms with Crippen molar-refractivity contribution in [3.05, 3.63) is 88.1 Å². The third-order valence-electron chi connectivity index (χ3n) is 5.29. The minimum atomic E-state index is -1.87. The summed E-state index contributed by atoms with van der Waals surface area (Å²) in [6.45, 7) is 6.34. The van der Waals surface area contributed by atoms with Crippen LogP contribution < -0.4 is 21.2 Å². The number of hydrogen-bond acceptors (Lipinski definition) is 5. The van der Waals surface area contributed by atoms with E-state index in [-0.39, 0.29) is 17.8 Å². The summed E-state index contributed by atoms with van der Waals surface area (Å²) < 4.78 is 21.1. The molecule has 0 saturated carbocycles. The lowest BCUT2D eigenvalue weighted by Crippen LogP contribution is -2.40. The van der Waals surface area contributed by atoms with Crippen LogP contribution in [0.2, 0.25) is 19.6 Å². The van der Waals surface area contributed by atoms with Crippen LogP contribution in [0.25, 0.3) is 0 Å². The van der Waals surface area contributed by atoms with Gasteiger partial charge in [-0.3, -0.25) is 19.1 Å². The van der Waals surface area contributed by atoms with Crippen LogP contribution in [-0.2, 0) is 27.5 Å². The Balaban J connectivity index is 1.83. The Bertz CT molecular complexity index is 1240. The molecule has 0 saturated heterocycles. The highest BCUT2D eigenvalue weighted by atomic mass is 28.3. The van der Waals surface area contributed by atoms with E-state index in [4.69, 9.17) is 4.74 Å². The molecule has 1 aromatic heterocycles. The fraction of sp³-hybridized carbons (Fsp3) is 0.280. The van der Waals surface area contributed by atoms with Gasteiger partial charge in [-0.05, 0) is 28.4 Å². The summed E-state index contributed by atoms with van der Waals surface area (Å²) >= 11 is 0. The molecule has 3 rings (SSSR count). The molecule has 0 bridgehead atoms. The molecule has 35 heavy (non-hydrogen) atoms. The molecule has 0 aliphatic heterocycles. The molecule has 0 aliphatic rings. The van der Waals surface area contributed by atoms with E-state index in [0.717, 1.165) is 11.8 Å². The second-order valence-corrected chi connectivity index (χ2v) is 14.2. The van der Waals surface area contributed by atoms with Crippen molar-refractivity contribution in [1.82, 2.24) is 15.1 Å². The number of nitrogens with zero attached hydrogens (tertiary/aromatic N) is 2. The van der Waals surface area contributed by atoms with Crippen LogP contribution in [0, 0.1) is 5.82 Å². The van der Waals surface area contributed by atoms with E-state index in [0.29, 0.717) is 23.0 Å². The highest BCUT2D eigenvalue weighted by molar-refractivity contribution is 6.88. The number of nitrogens with one attached hydrogen (secondary N) is 2. The first-order valence-electron chi connectivity index (χ1n) is 11.1. The number of hydrogen-bond donors (Lipinski definition) is 2. The number of benzene rings is 2. The van der Waals surface area contributed by atoms with Crippen molar-refractivity contribution >= 4 is 30.8 Å². The molecule has 0 spiro atoms. The Kier molecular flexibility index (Phi) is 8.31. The Morgan fingerprint density at radius 2 is 1.83 bits per heavy atom. The van der Waals surface area contributed by atoms with Crippen LogP contribution in [0.5, 0.6) is 0 Å². The van der Waals surface area contributed by atoms with Crippen molar-refractivity contribution in [2.45, 2.75) is 38.8 Å². The molecule has 1 unspecified atom stereocenters. The molecule has 2 aromatic carbocycles. The maximum Gasteiger partial charge on any atom is 0.251 e. The largest absolute Gasteiger partial charge is 0.380 e. The zero-order valence-corrected chi connectivity index (χ0v) is 21.2. The molecule has 0 aliphatic carbocycles. The van der Waals surface area contributed by atoms with Crippen LogP contribution in [0.15, 0.2) is 65.7 Å². The smallest absolute Gasteiger partial charge is 0.251 e. The van der Waals surface area contributed by atoms with Crippen LogP contribution in [0.1, 0.15) is 17.2 Å². The van der Waals surface area contributed by atoms with Gasteiger partial charge in [0.25, 0.3) is 5.91 Å². The highest BCUT2D eigenvalue weighted by Crippen LogP contribution is 2.19. The number of aromatic nitrogens is 2. The summed E-state index contributed by atoms with van der Waals surface area (Å²) in [5.41, 5.74) is 1.47. The summed E-state index contributed by atoms with van der Waals surface area (Å²) in [4.78, 5) is 37.2. The number of anilines is 1. The molecule has 0 fully saturated rings. The predicted octanol–water partition coefficient (Wildman–Crippen LogP) is 2.57. The third-order valence-corrected chi connectivity index (χ3v) is 7.31. The summed E-state index contributed by atoms with van der Waals surface area (Å²) in [6.07, 6.45) is 2.49. The van der Waals surface area contributed by atoms with Crippen molar-refractivity contribution in [3.8, 4) is 0 Å². The van der Waals surface area contributed by atoms with Gasteiger partial charge in [-0.1, -0.05) is 50.0 Å². The normalized spacial score (nSPS) is 12.1. The van der Waals surface area contributed by atoms with Gasteiger partial charge in [0, 0.05) is 25.1 Å². The van der Waals surface area contributed by atoms with Crippen LogP contribution in [-0.4, -0.2) is 36.8 Å². The lowest BCUT2D eigenvalue weighted by Gasteiger charge is -2.21.